The topological polar surface area (TPSA) is 131 Å². The van der Waals surface area contributed by atoms with E-state index in [4.69, 9.17) is 0 Å². The summed E-state index contributed by atoms with van der Waals surface area (Å²) in [4.78, 5) is 72.3. The van der Waals surface area contributed by atoms with E-state index in [0.717, 1.165) is 67.6 Å². The quantitative estimate of drug-likeness (QED) is 0.222. The second-order valence-corrected chi connectivity index (χ2v) is 17.5. The Kier molecular flexibility index (Phi) is 9.38. The van der Waals surface area contributed by atoms with Gasteiger partial charge >= 0.3 is 0 Å². The lowest BCUT2D eigenvalue weighted by Gasteiger charge is -2.47. The maximum Gasteiger partial charge on any atom is 0.262 e. The smallest absolute Gasteiger partial charge is 0.262 e. The third kappa shape index (κ3) is 6.59. The summed E-state index contributed by atoms with van der Waals surface area (Å²) in [7, 11) is 2.21. The lowest BCUT2D eigenvalue weighted by Crippen LogP contribution is -2.54. The first-order valence-corrected chi connectivity index (χ1v) is 21.2. The van der Waals surface area contributed by atoms with Crippen molar-refractivity contribution < 1.29 is 29.1 Å². The molecule has 4 heterocycles. The SMILES string of the molecule is CN(C1CCN(c2ccc([C@@H]3c4ccc(O)cc4CC[C@@H]3c3ccccc3)cc2)CC1)C1CC(C(=O)N2Cc3cc4c(cc3C2)C(=O)N(C2CCC(=O)NC2=O)C4=O)C1. The van der Waals surface area contributed by atoms with Crippen LogP contribution in [0.4, 0.5) is 5.69 Å². The Morgan fingerprint density at radius 1 is 0.729 bits per heavy atom. The maximum absolute atomic E-state index is 13.7. The molecule has 10 rings (SSSR count). The predicted molar refractivity (Wildman–Crippen MR) is 221 cm³/mol. The number of nitrogens with zero attached hydrogens (tertiary/aromatic N) is 4. The molecule has 4 aliphatic heterocycles. The maximum atomic E-state index is 13.7. The van der Waals surface area contributed by atoms with E-state index in [1.807, 2.05) is 17.0 Å². The number of nitrogens with one attached hydrogen (secondary N) is 1. The minimum atomic E-state index is -0.999. The normalized spacial score (nSPS) is 25.5. The Labute approximate surface area is 344 Å². The van der Waals surface area contributed by atoms with Gasteiger partial charge in [0.05, 0.1) is 11.1 Å². The number of phenolic OH excluding ortho intramolecular Hbond substituents is 1. The van der Waals surface area contributed by atoms with Crippen LogP contribution in [0.1, 0.15) is 111 Å². The third-order valence-electron chi connectivity index (χ3n) is 14.3. The second-order valence-electron chi connectivity index (χ2n) is 17.5. The molecule has 4 aromatic rings. The van der Waals surface area contributed by atoms with Crippen LogP contribution in [0.25, 0.3) is 0 Å². The third-order valence-corrected chi connectivity index (χ3v) is 14.3. The molecule has 2 N–H and O–H groups in total. The van der Waals surface area contributed by atoms with Crippen molar-refractivity contribution in [3.05, 3.63) is 129 Å². The number of hydrogen-bond donors (Lipinski definition) is 2. The first-order chi connectivity index (χ1) is 28.6. The molecule has 3 fully saturated rings. The van der Waals surface area contributed by atoms with E-state index in [2.05, 4.69) is 82.8 Å². The van der Waals surface area contributed by atoms with Crippen molar-refractivity contribution in [3.63, 3.8) is 0 Å². The number of amides is 5. The van der Waals surface area contributed by atoms with Crippen molar-refractivity contribution >= 4 is 35.2 Å². The van der Waals surface area contributed by atoms with E-state index < -0.39 is 29.7 Å². The molecule has 0 spiro atoms. The summed E-state index contributed by atoms with van der Waals surface area (Å²) < 4.78 is 0. The molecule has 5 amide bonds. The molecule has 0 aromatic heterocycles. The zero-order valence-corrected chi connectivity index (χ0v) is 33.3. The molecule has 2 aliphatic carbocycles. The largest absolute Gasteiger partial charge is 0.508 e. The Morgan fingerprint density at radius 3 is 2.07 bits per heavy atom. The van der Waals surface area contributed by atoms with E-state index in [0.29, 0.717) is 36.8 Å². The number of fused-ring (bicyclic) bond motifs is 3. The lowest BCUT2D eigenvalue weighted by molar-refractivity contribution is -0.141. The van der Waals surface area contributed by atoms with E-state index in [-0.39, 0.29) is 41.7 Å². The zero-order valence-electron chi connectivity index (χ0n) is 33.3. The van der Waals surface area contributed by atoms with E-state index in [1.54, 1.807) is 12.1 Å². The number of aromatic hydroxyl groups is 1. The monoisotopic (exact) mass is 791 g/mol. The van der Waals surface area contributed by atoms with Crippen LogP contribution in [0.3, 0.4) is 0 Å². The van der Waals surface area contributed by atoms with Crippen molar-refractivity contribution in [2.24, 2.45) is 5.92 Å². The fraction of sp³-hybridized carbons (Fsp3) is 0.396. The van der Waals surface area contributed by atoms with Gasteiger partial charge in [0.15, 0.2) is 0 Å². The van der Waals surface area contributed by atoms with Crippen molar-refractivity contribution in [1.82, 2.24) is 20.0 Å². The summed E-state index contributed by atoms with van der Waals surface area (Å²) in [5, 5.41) is 12.5. The van der Waals surface area contributed by atoms with Gasteiger partial charge in [-0.3, -0.25) is 34.2 Å². The van der Waals surface area contributed by atoms with Crippen LogP contribution in [0.2, 0.25) is 0 Å². The van der Waals surface area contributed by atoms with Crippen LogP contribution < -0.4 is 10.2 Å². The van der Waals surface area contributed by atoms with Gasteiger partial charge in [-0.05, 0) is 128 Å². The molecule has 11 heteroatoms. The highest BCUT2D eigenvalue weighted by atomic mass is 16.3. The van der Waals surface area contributed by atoms with Gasteiger partial charge in [-0.15, -0.1) is 0 Å². The highest BCUT2D eigenvalue weighted by molar-refractivity contribution is 6.23. The molecule has 0 bridgehead atoms. The Balaban J connectivity index is 0.729. The van der Waals surface area contributed by atoms with Crippen molar-refractivity contribution in [2.45, 2.75) is 94.4 Å². The number of carbonyl (C=O) groups excluding carboxylic acids is 5. The Bertz CT molecular complexity index is 2320. The zero-order chi connectivity index (χ0) is 40.5. The summed E-state index contributed by atoms with van der Waals surface area (Å²) in [5.41, 5.74) is 8.69. The number of rotatable bonds is 7. The van der Waals surface area contributed by atoms with Gasteiger partial charge in [0.1, 0.15) is 11.8 Å². The number of phenols is 1. The number of benzene rings is 4. The lowest BCUT2D eigenvalue weighted by atomic mass is 9.69. The van der Waals surface area contributed by atoms with Crippen molar-refractivity contribution in [1.29, 1.82) is 0 Å². The van der Waals surface area contributed by atoms with Crippen molar-refractivity contribution in [2.75, 3.05) is 25.0 Å². The number of imide groups is 2. The summed E-state index contributed by atoms with van der Waals surface area (Å²) in [6, 6.07) is 29.2. The molecule has 59 heavy (non-hydrogen) atoms. The predicted octanol–water partition coefficient (Wildman–Crippen LogP) is 5.88. The van der Waals surface area contributed by atoms with Crippen LogP contribution in [-0.4, -0.2) is 87.6 Å². The molecule has 6 aliphatic rings. The average molecular weight is 792 g/mol. The Hall–Kier alpha value is -5.81. The van der Waals surface area contributed by atoms with Crippen LogP contribution in [0.15, 0.2) is 84.9 Å². The molecule has 11 nitrogen and oxygen atoms in total. The molecule has 1 unspecified atom stereocenters. The van der Waals surface area contributed by atoms with Crippen LogP contribution in [0, 0.1) is 5.92 Å². The first-order valence-electron chi connectivity index (χ1n) is 21.2. The van der Waals surface area contributed by atoms with E-state index in [9.17, 15) is 29.1 Å². The number of hydrogen-bond acceptors (Lipinski definition) is 8. The van der Waals surface area contributed by atoms with E-state index in [1.165, 1.54) is 27.9 Å². The molecule has 4 aromatic carbocycles. The summed E-state index contributed by atoms with van der Waals surface area (Å²) in [6.07, 6.45) is 5.97. The highest BCUT2D eigenvalue weighted by Crippen LogP contribution is 2.47. The van der Waals surface area contributed by atoms with Gasteiger partial charge in [0.2, 0.25) is 17.7 Å². The molecule has 2 saturated heterocycles. The number of aryl methyl sites for hydroxylation is 1. The molecule has 0 radical (unpaired) electrons. The van der Waals surface area contributed by atoms with Gasteiger partial charge < -0.3 is 19.8 Å². The summed E-state index contributed by atoms with van der Waals surface area (Å²) in [5.74, 6) is -1.07. The summed E-state index contributed by atoms with van der Waals surface area (Å²) >= 11 is 0. The number of carbonyl (C=O) groups is 5. The molecular formula is C48H49N5O6. The van der Waals surface area contributed by atoms with Crippen molar-refractivity contribution in [3.8, 4) is 5.75 Å². The van der Waals surface area contributed by atoms with Gasteiger partial charge in [-0.25, -0.2) is 0 Å². The standard InChI is InChI=1S/C48H49N5O6/c1-50(36-21-31(22-36)46(57)52-26-32-24-40-41(25-33(32)27-52)48(59)53(47(40)58)42-15-16-43(55)49-45(42)56)34-17-19-51(20-18-34)35-10-7-29(8-11-35)44-38(28-5-3-2-4-6-28)13-9-30-23-37(54)12-14-39(30)44/h2-8,10-12,14,23-25,31,34,36,38,42,44,54H,9,13,15-22,26-27H2,1H3,(H,49,55,56)/t31?,36?,38-,42?,44+/m1/s1. The molecule has 3 atom stereocenters. The number of piperidine rings is 2. The summed E-state index contributed by atoms with van der Waals surface area (Å²) in [6.45, 7) is 2.75. The van der Waals surface area contributed by atoms with E-state index >= 15 is 0 Å². The Morgan fingerprint density at radius 2 is 1.41 bits per heavy atom. The van der Waals surface area contributed by atoms with Gasteiger partial charge in [0.25, 0.3) is 11.8 Å². The van der Waals surface area contributed by atoms with Crippen LogP contribution in [-0.2, 0) is 33.9 Å². The molecular weight excluding hydrogens is 743 g/mol. The fourth-order valence-corrected chi connectivity index (χ4v) is 10.9. The van der Waals surface area contributed by atoms with Gasteiger partial charge in [0, 0.05) is 62.2 Å². The van der Waals surface area contributed by atoms with Gasteiger partial charge in [-0.1, -0.05) is 48.5 Å². The first kappa shape index (κ1) is 37.5. The molecule has 302 valence electrons. The van der Waals surface area contributed by atoms with Gasteiger partial charge in [-0.2, -0.15) is 0 Å². The van der Waals surface area contributed by atoms with Crippen LogP contribution in [0.5, 0.6) is 5.75 Å². The second kappa shape index (κ2) is 14.8. The number of anilines is 1. The fourth-order valence-electron chi connectivity index (χ4n) is 10.9. The highest BCUT2D eigenvalue weighted by Gasteiger charge is 2.47. The minimum Gasteiger partial charge on any atom is -0.508 e. The average Bonchev–Trinajstić information content (AvgIpc) is 3.76. The van der Waals surface area contributed by atoms with Crippen LogP contribution >= 0.6 is 0 Å². The minimum absolute atomic E-state index is 0.0446. The molecule has 1 saturated carbocycles.